The van der Waals surface area contributed by atoms with Crippen molar-refractivity contribution < 1.29 is 14.4 Å². The average molecular weight is 808 g/mol. The Hall–Kier alpha value is -6.35. The molecule has 0 bridgehead atoms. The highest BCUT2D eigenvalue weighted by Gasteiger charge is 2.41. The molecule has 15 heteroatoms. The van der Waals surface area contributed by atoms with E-state index in [-0.39, 0.29) is 29.7 Å². The van der Waals surface area contributed by atoms with Crippen LogP contribution in [-0.4, -0.2) is 104 Å². The second-order valence-corrected chi connectivity index (χ2v) is 16.7. The number of imide groups is 1. The lowest BCUT2D eigenvalue weighted by atomic mass is 9.96. The number of nitrogens with zero attached hydrogens (tertiary/aromatic N) is 9. The van der Waals surface area contributed by atoms with Crippen molar-refractivity contribution in [1.29, 1.82) is 0 Å². The van der Waals surface area contributed by atoms with E-state index in [4.69, 9.17) is 9.97 Å². The molecule has 10 rings (SSSR count). The lowest BCUT2D eigenvalue weighted by molar-refractivity contribution is -0.136. The van der Waals surface area contributed by atoms with Gasteiger partial charge in [0.1, 0.15) is 11.4 Å². The third-order valence-corrected chi connectivity index (χ3v) is 13.1. The number of benzene rings is 2. The molecule has 0 radical (unpaired) electrons. The Kier molecular flexibility index (Phi) is 9.69. The highest BCUT2D eigenvalue weighted by molar-refractivity contribution is 6.06. The van der Waals surface area contributed by atoms with Crippen LogP contribution in [0.1, 0.15) is 65.7 Å². The number of amides is 3. The van der Waals surface area contributed by atoms with Gasteiger partial charge in [-0.15, -0.1) is 6.58 Å². The van der Waals surface area contributed by atoms with Crippen LogP contribution in [0.5, 0.6) is 0 Å². The van der Waals surface area contributed by atoms with E-state index in [9.17, 15) is 19.2 Å². The highest BCUT2D eigenvalue weighted by Crippen LogP contribution is 2.38. The fourth-order valence-corrected chi connectivity index (χ4v) is 9.83. The molecule has 5 aromatic rings. The van der Waals surface area contributed by atoms with Crippen LogP contribution in [0.3, 0.4) is 0 Å². The number of aromatic nitrogens is 5. The number of piperazine rings is 1. The van der Waals surface area contributed by atoms with E-state index in [1.807, 2.05) is 30.3 Å². The largest absolute Gasteiger partial charge is 0.370 e. The maximum absolute atomic E-state index is 13.5. The number of fused-ring (bicyclic) bond motifs is 3. The van der Waals surface area contributed by atoms with Crippen molar-refractivity contribution >= 4 is 51.8 Å². The Morgan fingerprint density at radius 3 is 2.50 bits per heavy atom. The molecule has 3 saturated heterocycles. The molecule has 1 unspecified atom stereocenters. The van der Waals surface area contributed by atoms with E-state index in [1.54, 1.807) is 26.5 Å². The summed E-state index contributed by atoms with van der Waals surface area (Å²) in [5.41, 5.74) is 7.43. The first-order valence-corrected chi connectivity index (χ1v) is 21.2. The monoisotopic (exact) mass is 807 g/mol. The van der Waals surface area contributed by atoms with Gasteiger partial charge < -0.3 is 20.0 Å². The molecule has 15 nitrogen and oxygen atoms in total. The lowest BCUT2D eigenvalue weighted by Crippen LogP contribution is -2.55. The SMILES string of the molecule is C=CCn1c(=O)c2cnc(Nc3ccc(N4CCN(CC5CN(c6cccc7c6CN(C6CCC(=O)NC6=O)C7=O)C5)CC4)cc3)nc2n1-c1ccc2c(n1)[C@@H](CC)CC2. The Labute approximate surface area is 347 Å². The molecular formula is C45H49N11O4. The summed E-state index contributed by atoms with van der Waals surface area (Å²) in [5, 5.41) is 6.17. The molecular weight excluding hydrogens is 759 g/mol. The van der Waals surface area contributed by atoms with Gasteiger partial charge in [0.15, 0.2) is 11.5 Å². The first-order valence-electron chi connectivity index (χ1n) is 21.2. The third kappa shape index (κ3) is 6.70. The molecule has 2 aromatic carbocycles. The van der Waals surface area contributed by atoms with Crippen LogP contribution >= 0.6 is 0 Å². The highest BCUT2D eigenvalue weighted by atomic mass is 16.2. The molecule has 1 aliphatic carbocycles. The summed E-state index contributed by atoms with van der Waals surface area (Å²) in [5.74, 6) is 1.23. The van der Waals surface area contributed by atoms with Crippen molar-refractivity contribution in [2.45, 2.75) is 64.1 Å². The van der Waals surface area contributed by atoms with Crippen LogP contribution in [0.2, 0.25) is 0 Å². The van der Waals surface area contributed by atoms with Crippen LogP contribution < -0.4 is 26.0 Å². The number of aryl methyl sites for hydroxylation is 1. The zero-order chi connectivity index (χ0) is 41.1. The minimum Gasteiger partial charge on any atom is -0.370 e. The van der Waals surface area contributed by atoms with Gasteiger partial charge in [-0.25, -0.2) is 19.3 Å². The molecule has 7 heterocycles. The normalized spacial score (nSPS) is 20.7. The van der Waals surface area contributed by atoms with Gasteiger partial charge in [-0.05, 0) is 73.7 Å². The van der Waals surface area contributed by atoms with Gasteiger partial charge in [0.2, 0.25) is 17.8 Å². The average Bonchev–Trinajstić information content (AvgIpc) is 3.90. The second-order valence-electron chi connectivity index (χ2n) is 16.7. The smallest absolute Gasteiger partial charge is 0.278 e. The fourth-order valence-electron chi connectivity index (χ4n) is 9.83. The summed E-state index contributed by atoms with van der Waals surface area (Å²) >= 11 is 0. The van der Waals surface area contributed by atoms with Crippen molar-refractivity contribution in [3.63, 3.8) is 0 Å². The number of nitrogens with one attached hydrogen (secondary N) is 2. The molecule has 2 N–H and O–H groups in total. The number of anilines is 4. The van der Waals surface area contributed by atoms with Gasteiger partial charge in [-0.3, -0.25) is 29.4 Å². The maximum Gasteiger partial charge on any atom is 0.278 e. The van der Waals surface area contributed by atoms with Crippen LogP contribution in [0.15, 0.2) is 78.2 Å². The summed E-state index contributed by atoms with van der Waals surface area (Å²) in [4.78, 5) is 74.5. The summed E-state index contributed by atoms with van der Waals surface area (Å²) in [6, 6.07) is 17.7. The standard InChI is InChI=1S/C45H49N11O4/c1-3-18-55-44(60)34-23-46-45(50-41(34)56(55)38-16-10-30-9-8-29(4-2)40(30)48-38)47-31-11-13-32(14-12-31)52-21-19-51(20-22-52)24-28-25-53(26-28)36-7-5-6-33-35(36)27-54(43(33)59)37-15-17-39(57)49-42(37)58/h3,5-7,10-14,16,23,28-29,37H,1,4,8-9,15,17-22,24-27H2,2H3,(H,46,47,50)(H,49,57,58)/t29-,37?/m0/s1. The predicted octanol–water partition coefficient (Wildman–Crippen LogP) is 4.37. The first kappa shape index (κ1) is 37.9. The summed E-state index contributed by atoms with van der Waals surface area (Å²) in [6.45, 7) is 13.5. The molecule has 3 fully saturated rings. The Morgan fingerprint density at radius 2 is 1.73 bits per heavy atom. The van der Waals surface area contributed by atoms with Crippen LogP contribution in [0.4, 0.5) is 23.0 Å². The first-order chi connectivity index (χ1) is 29.3. The van der Waals surface area contributed by atoms with Gasteiger partial charge in [0.25, 0.3) is 11.5 Å². The number of allylic oxidation sites excluding steroid dienone is 1. The van der Waals surface area contributed by atoms with Crippen molar-refractivity contribution in [2.75, 3.05) is 60.9 Å². The summed E-state index contributed by atoms with van der Waals surface area (Å²) < 4.78 is 3.43. The number of hydrogen-bond acceptors (Lipinski definition) is 11. The molecule has 0 saturated carbocycles. The zero-order valence-electron chi connectivity index (χ0n) is 33.8. The van der Waals surface area contributed by atoms with Crippen LogP contribution in [0.25, 0.3) is 16.9 Å². The molecule has 308 valence electrons. The molecule has 3 aromatic heterocycles. The van der Waals surface area contributed by atoms with Gasteiger partial charge in [0, 0.05) is 111 Å². The van der Waals surface area contributed by atoms with Gasteiger partial charge >= 0.3 is 0 Å². The topological polar surface area (TPSA) is 154 Å². The van der Waals surface area contributed by atoms with E-state index < -0.39 is 6.04 Å². The number of rotatable bonds is 11. The summed E-state index contributed by atoms with van der Waals surface area (Å²) in [7, 11) is 0. The van der Waals surface area contributed by atoms with Crippen molar-refractivity contribution in [3.05, 3.63) is 106 Å². The van der Waals surface area contributed by atoms with Gasteiger partial charge in [-0.1, -0.05) is 25.1 Å². The minimum atomic E-state index is -0.610. The number of pyridine rings is 1. The van der Waals surface area contributed by atoms with E-state index in [2.05, 4.69) is 68.1 Å². The second kappa shape index (κ2) is 15.4. The van der Waals surface area contributed by atoms with E-state index >= 15 is 0 Å². The zero-order valence-corrected chi connectivity index (χ0v) is 33.8. The van der Waals surface area contributed by atoms with Gasteiger partial charge in [-0.2, -0.15) is 4.98 Å². The Balaban J connectivity index is 0.750. The molecule has 4 aliphatic heterocycles. The molecule has 5 aliphatic rings. The Bertz CT molecular complexity index is 2590. The maximum atomic E-state index is 13.5. The third-order valence-electron chi connectivity index (χ3n) is 13.1. The van der Waals surface area contributed by atoms with Crippen molar-refractivity contribution in [3.8, 4) is 5.82 Å². The molecule has 60 heavy (non-hydrogen) atoms. The Morgan fingerprint density at radius 1 is 0.917 bits per heavy atom. The fraction of sp³-hybridized carbons (Fsp3) is 0.400. The lowest BCUT2D eigenvalue weighted by Gasteiger charge is -2.45. The summed E-state index contributed by atoms with van der Waals surface area (Å²) in [6.07, 6.45) is 7.07. The molecule has 2 atom stereocenters. The quantitative estimate of drug-likeness (QED) is 0.145. The van der Waals surface area contributed by atoms with E-state index in [0.29, 0.717) is 59.7 Å². The number of piperidine rings is 1. The van der Waals surface area contributed by atoms with Gasteiger partial charge in [0.05, 0.1) is 6.54 Å². The number of carbonyl (C=O) groups excluding carboxylic acids is 3. The number of hydrogen-bond donors (Lipinski definition) is 2. The number of carbonyl (C=O) groups is 3. The van der Waals surface area contributed by atoms with Crippen LogP contribution in [0, 0.1) is 5.92 Å². The minimum absolute atomic E-state index is 0.133. The predicted molar refractivity (Wildman–Crippen MR) is 229 cm³/mol. The van der Waals surface area contributed by atoms with Crippen molar-refractivity contribution in [2.24, 2.45) is 5.92 Å². The van der Waals surface area contributed by atoms with E-state index in [1.165, 1.54) is 5.56 Å². The van der Waals surface area contributed by atoms with E-state index in [0.717, 1.165) is 93.4 Å². The molecule has 0 spiro atoms. The van der Waals surface area contributed by atoms with Crippen LogP contribution in [-0.2, 0) is 29.1 Å². The van der Waals surface area contributed by atoms with Crippen molar-refractivity contribution in [1.82, 2.24) is 39.4 Å². The molecule has 3 amide bonds.